The molecule has 0 heterocycles. The van der Waals surface area contributed by atoms with Gasteiger partial charge < -0.3 is 9.84 Å². The lowest BCUT2D eigenvalue weighted by Crippen LogP contribution is -2.14. The molecule has 0 spiro atoms. The molecular formula is C7H14O3. The van der Waals surface area contributed by atoms with Crippen LogP contribution in [0.15, 0.2) is 0 Å². The Balaban J connectivity index is 3.11. The zero-order valence-corrected chi connectivity index (χ0v) is 6.41. The zero-order chi connectivity index (χ0) is 7.98. The summed E-state index contributed by atoms with van der Waals surface area (Å²) < 4.78 is 4.69. The van der Waals surface area contributed by atoms with Gasteiger partial charge in [0.2, 0.25) is 6.29 Å². The fourth-order valence-electron chi connectivity index (χ4n) is 0.464. The second kappa shape index (κ2) is 5.38. The van der Waals surface area contributed by atoms with E-state index in [-0.39, 0.29) is 0 Å². The number of carbonyl (C=O) groups excluding carboxylic acids is 1. The van der Waals surface area contributed by atoms with Gasteiger partial charge in [-0.15, -0.1) is 0 Å². The molecule has 0 aliphatic carbocycles. The van der Waals surface area contributed by atoms with Crippen LogP contribution in [0.2, 0.25) is 0 Å². The van der Waals surface area contributed by atoms with Crippen molar-refractivity contribution in [3.05, 3.63) is 0 Å². The molecule has 1 unspecified atom stereocenters. The number of aliphatic hydroxyl groups excluding tert-OH is 1. The molecule has 0 aromatic rings. The van der Waals surface area contributed by atoms with Gasteiger partial charge in [0.15, 0.2) is 6.29 Å². The fraction of sp³-hybridized carbons (Fsp3) is 0.857. The van der Waals surface area contributed by atoms with Crippen LogP contribution in [-0.2, 0) is 9.53 Å². The molecule has 1 N–H and O–H groups in total. The first kappa shape index (κ1) is 9.59. The van der Waals surface area contributed by atoms with Crippen molar-refractivity contribution < 1.29 is 14.6 Å². The summed E-state index contributed by atoms with van der Waals surface area (Å²) in [6, 6.07) is 0. The van der Waals surface area contributed by atoms with Crippen molar-refractivity contribution in [3.8, 4) is 0 Å². The summed E-state index contributed by atoms with van der Waals surface area (Å²) >= 11 is 0. The lowest BCUT2D eigenvalue weighted by Gasteiger charge is -2.06. The van der Waals surface area contributed by atoms with Crippen LogP contribution in [0.4, 0.5) is 0 Å². The first-order valence-corrected chi connectivity index (χ1v) is 3.41. The maximum absolute atomic E-state index is 9.81. The molecule has 1 atom stereocenters. The minimum atomic E-state index is -1.24. The monoisotopic (exact) mass is 146 g/mol. The van der Waals surface area contributed by atoms with Gasteiger partial charge in [0.25, 0.3) is 0 Å². The number of hydrogen-bond donors (Lipinski definition) is 1. The Morgan fingerprint density at radius 2 is 2.20 bits per heavy atom. The number of ether oxygens (including phenoxy) is 1. The minimum absolute atomic E-state index is 0.375. The van der Waals surface area contributed by atoms with Crippen LogP contribution in [-0.4, -0.2) is 24.3 Å². The van der Waals surface area contributed by atoms with Crippen molar-refractivity contribution in [2.75, 3.05) is 6.61 Å². The van der Waals surface area contributed by atoms with E-state index in [0.717, 1.165) is 6.42 Å². The van der Waals surface area contributed by atoms with Crippen LogP contribution < -0.4 is 0 Å². The Morgan fingerprint density at radius 3 is 2.60 bits per heavy atom. The summed E-state index contributed by atoms with van der Waals surface area (Å²) in [6.07, 6.45) is 0.00403. The third kappa shape index (κ3) is 5.72. The van der Waals surface area contributed by atoms with Crippen LogP contribution in [0, 0.1) is 5.92 Å². The Bertz CT molecular complexity index is 90.9. The predicted octanol–water partition coefficient (Wildman–Crippen LogP) is 0.566. The molecule has 3 heteroatoms. The largest absolute Gasteiger partial charge is 0.362 e. The van der Waals surface area contributed by atoms with E-state index < -0.39 is 6.29 Å². The van der Waals surface area contributed by atoms with Gasteiger partial charge in [-0.25, -0.2) is 0 Å². The van der Waals surface area contributed by atoms with E-state index in [2.05, 4.69) is 18.6 Å². The van der Waals surface area contributed by atoms with E-state index in [1.54, 1.807) is 0 Å². The summed E-state index contributed by atoms with van der Waals surface area (Å²) in [5, 5.41) is 8.58. The molecule has 0 aromatic carbocycles. The third-order valence-electron chi connectivity index (χ3n) is 1.10. The van der Waals surface area contributed by atoms with Gasteiger partial charge in [-0.05, 0) is 12.3 Å². The number of hydrogen-bond acceptors (Lipinski definition) is 3. The summed E-state index contributed by atoms with van der Waals surface area (Å²) in [5.41, 5.74) is 0. The average Bonchev–Trinajstić information content (AvgIpc) is 1.87. The quantitative estimate of drug-likeness (QED) is 0.455. The van der Waals surface area contributed by atoms with Gasteiger partial charge >= 0.3 is 0 Å². The van der Waals surface area contributed by atoms with Crippen LogP contribution in [0.5, 0.6) is 0 Å². The molecular weight excluding hydrogens is 132 g/mol. The molecule has 3 nitrogen and oxygen atoms in total. The molecule has 60 valence electrons. The lowest BCUT2D eigenvalue weighted by molar-refractivity contribution is -0.142. The van der Waals surface area contributed by atoms with Gasteiger partial charge in [-0.2, -0.15) is 0 Å². The number of carbonyl (C=O) groups is 1. The van der Waals surface area contributed by atoms with Crippen LogP contribution in [0.1, 0.15) is 20.3 Å². The van der Waals surface area contributed by atoms with E-state index in [9.17, 15) is 4.79 Å². The SMILES string of the molecule is CC(C)CCOC(O)C=O. The third-order valence-corrected chi connectivity index (χ3v) is 1.10. The Morgan fingerprint density at radius 1 is 1.60 bits per heavy atom. The van der Waals surface area contributed by atoms with Crippen molar-refractivity contribution in [3.63, 3.8) is 0 Å². The van der Waals surface area contributed by atoms with E-state index in [0.29, 0.717) is 18.8 Å². The van der Waals surface area contributed by atoms with Gasteiger partial charge in [-0.1, -0.05) is 13.8 Å². The van der Waals surface area contributed by atoms with Crippen LogP contribution in [0.25, 0.3) is 0 Å². The topological polar surface area (TPSA) is 46.5 Å². The lowest BCUT2D eigenvalue weighted by atomic mass is 10.1. The molecule has 0 amide bonds. The standard InChI is InChI=1S/C7H14O3/c1-6(2)3-4-10-7(9)5-8/h5-7,9H,3-4H2,1-2H3. The molecule has 0 aliphatic heterocycles. The Labute approximate surface area is 61.0 Å². The first-order chi connectivity index (χ1) is 4.66. The minimum Gasteiger partial charge on any atom is -0.362 e. The molecule has 0 bridgehead atoms. The van der Waals surface area contributed by atoms with Crippen LogP contribution >= 0.6 is 0 Å². The van der Waals surface area contributed by atoms with Crippen molar-refractivity contribution in [1.29, 1.82) is 0 Å². The van der Waals surface area contributed by atoms with Crippen molar-refractivity contribution in [2.24, 2.45) is 5.92 Å². The van der Waals surface area contributed by atoms with E-state index in [4.69, 9.17) is 5.11 Å². The van der Waals surface area contributed by atoms with E-state index >= 15 is 0 Å². The predicted molar refractivity (Wildman–Crippen MR) is 37.5 cm³/mol. The van der Waals surface area contributed by atoms with Gasteiger partial charge in [0.1, 0.15) is 0 Å². The Hall–Kier alpha value is -0.410. The molecule has 0 aromatic heterocycles. The second-order valence-electron chi connectivity index (χ2n) is 2.58. The maximum atomic E-state index is 9.81. The van der Waals surface area contributed by atoms with Crippen molar-refractivity contribution in [2.45, 2.75) is 26.6 Å². The molecule has 0 saturated heterocycles. The molecule has 0 rings (SSSR count). The highest BCUT2D eigenvalue weighted by molar-refractivity contribution is 5.53. The first-order valence-electron chi connectivity index (χ1n) is 3.41. The zero-order valence-electron chi connectivity index (χ0n) is 6.41. The van der Waals surface area contributed by atoms with E-state index in [1.165, 1.54) is 0 Å². The Kier molecular flexibility index (Phi) is 5.16. The smallest absolute Gasteiger partial charge is 0.212 e. The molecule has 0 aliphatic rings. The van der Waals surface area contributed by atoms with Crippen LogP contribution in [0.3, 0.4) is 0 Å². The summed E-state index contributed by atoms with van der Waals surface area (Å²) in [4.78, 5) is 9.81. The van der Waals surface area contributed by atoms with E-state index in [1.807, 2.05) is 0 Å². The van der Waals surface area contributed by atoms with Gasteiger partial charge in [-0.3, -0.25) is 4.79 Å². The van der Waals surface area contributed by atoms with Crippen molar-refractivity contribution in [1.82, 2.24) is 0 Å². The maximum Gasteiger partial charge on any atom is 0.212 e. The highest BCUT2D eigenvalue weighted by atomic mass is 16.6. The number of aliphatic hydroxyl groups is 1. The number of aldehydes is 1. The molecule has 0 fully saturated rings. The summed E-state index contributed by atoms with van der Waals surface area (Å²) in [5.74, 6) is 0.541. The summed E-state index contributed by atoms with van der Waals surface area (Å²) in [6.45, 7) is 4.55. The summed E-state index contributed by atoms with van der Waals surface area (Å²) in [7, 11) is 0. The average molecular weight is 146 g/mol. The fourth-order valence-corrected chi connectivity index (χ4v) is 0.464. The van der Waals surface area contributed by atoms with Gasteiger partial charge in [0.05, 0.1) is 6.61 Å². The molecule has 0 saturated carbocycles. The molecule has 10 heavy (non-hydrogen) atoms. The highest BCUT2D eigenvalue weighted by Crippen LogP contribution is 1.99. The second-order valence-corrected chi connectivity index (χ2v) is 2.58. The molecule has 0 radical (unpaired) electrons. The number of rotatable bonds is 5. The normalized spacial score (nSPS) is 13.6. The highest BCUT2D eigenvalue weighted by Gasteiger charge is 2.00. The van der Waals surface area contributed by atoms with Crippen molar-refractivity contribution >= 4 is 6.29 Å². The van der Waals surface area contributed by atoms with Gasteiger partial charge in [0, 0.05) is 0 Å².